The number of aryl methyl sites for hydroxylation is 1. The molecule has 1 aromatic carbocycles. The molecule has 0 amide bonds. The molecule has 3 rings (SSSR count). The number of pyridine rings is 1. The van der Waals surface area contributed by atoms with Gasteiger partial charge in [-0.3, -0.25) is 9.98 Å². The highest BCUT2D eigenvalue weighted by Gasteiger charge is 2.05. The predicted molar refractivity (Wildman–Crippen MR) is 129 cm³/mol. The largest absolute Gasteiger partial charge is 0.356 e. The molecule has 0 bridgehead atoms. The van der Waals surface area contributed by atoms with E-state index in [-0.39, 0.29) is 24.0 Å². The van der Waals surface area contributed by atoms with Gasteiger partial charge < -0.3 is 10.6 Å². The van der Waals surface area contributed by atoms with Gasteiger partial charge in [0.05, 0.1) is 5.69 Å². The van der Waals surface area contributed by atoms with Crippen LogP contribution in [0.25, 0.3) is 10.6 Å². The van der Waals surface area contributed by atoms with Gasteiger partial charge in [-0.1, -0.05) is 35.9 Å². The van der Waals surface area contributed by atoms with Gasteiger partial charge in [0, 0.05) is 55.8 Å². The van der Waals surface area contributed by atoms with Crippen molar-refractivity contribution in [3.63, 3.8) is 0 Å². The zero-order valence-corrected chi connectivity index (χ0v) is 19.3. The quantitative estimate of drug-likeness (QED) is 0.288. The van der Waals surface area contributed by atoms with Crippen LogP contribution in [0.15, 0.2) is 59.0 Å². The molecule has 0 spiro atoms. The molecule has 0 atom stereocenters. The van der Waals surface area contributed by atoms with E-state index >= 15 is 0 Å². The van der Waals surface area contributed by atoms with Crippen molar-refractivity contribution >= 4 is 41.3 Å². The molecule has 0 aliphatic rings. The van der Waals surface area contributed by atoms with Crippen LogP contribution in [0, 0.1) is 6.92 Å². The minimum atomic E-state index is 0. The summed E-state index contributed by atoms with van der Waals surface area (Å²) >= 11 is 1.69. The van der Waals surface area contributed by atoms with Gasteiger partial charge in [-0.25, -0.2) is 4.98 Å². The number of thiazole rings is 1. The van der Waals surface area contributed by atoms with Crippen molar-refractivity contribution in [1.82, 2.24) is 20.6 Å². The average Bonchev–Trinajstić information content (AvgIpc) is 3.17. The highest BCUT2D eigenvalue weighted by Crippen LogP contribution is 2.24. The van der Waals surface area contributed by atoms with Crippen LogP contribution >= 0.6 is 35.3 Å². The lowest BCUT2D eigenvalue weighted by molar-refractivity contribution is 0.771. The molecule has 5 nitrogen and oxygen atoms in total. The van der Waals surface area contributed by atoms with E-state index in [0.29, 0.717) is 0 Å². The Hall–Kier alpha value is -2.00. The lowest BCUT2D eigenvalue weighted by Crippen LogP contribution is -2.39. The molecule has 2 aromatic heterocycles. The summed E-state index contributed by atoms with van der Waals surface area (Å²) in [6.07, 6.45) is 3.55. The van der Waals surface area contributed by atoms with Crippen molar-refractivity contribution in [1.29, 1.82) is 0 Å². The first-order valence-electron chi connectivity index (χ1n) is 9.10. The molecule has 0 saturated carbocycles. The maximum atomic E-state index is 4.74. The zero-order chi connectivity index (χ0) is 18.9. The van der Waals surface area contributed by atoms with Gasteiger partial charge in [0.1, 0.15) is 5.01 Å². The van der Waals surface area contributed by atoms with Crippen LogP contribution in [0.1, 0.15) is 17.0 Å². The third-order valence-corrected chi connectivity index (χ3v) is 5.09. The number of nitrogens with one attached hydrogen (secondary N) is 2. The number of guanidine groups is 1. The Morgan fingerprint density at radius 1 is 1.00 bits per heavy atom. The number of benzene rings is 1. The smallest absolute Gasteiger partial charge is 0.191 e. The van der Waals surface area contributed by atoms with Crippen molar-refractivity contribution in [2.75, 3.05) is 20.1 Å². The van der Waals surface area contributed by atoms with E-state index < -0.39 is 0 Å². The van der Waals surface area contributed by atoms with Crippen molar-refractivity contribution < 1.29 is 0 Å². The van der Waals surface area contributed by atoms with Crippen molar-refractivity contribution in [2.24, 2.45) is 4.99 Å². The van der Waals surface area contributed by atoms with E-state index in [4.69, 9.17) is 4.98 Å². The molecule has 0 aliphatic carbocycles. The third-order valence-electron chi connectivity index (χ3n) is 4.15. The van der Waals surface area contributed by atoms with E-state index in [2.05, 4.69) is 57.2 Å². The van der Waals surface area contributed by atoms with Crippen LogP contribution in [0.4, 0.5) is 0 Å². The monoisotopic (exact) mass is 507 g/mol. The van der Waals surface area contributed by atoms with E-state index in [1.165, 1.54) is 11.1 Å². The molecule has 28 heavy (non-hydrogen) atoms. The molecule has 2 heterocycles. The number of nitrogens with zero attached hydrogens (tertiary/aromatic N) is 3. The second-order valence-corrected chi connectivity index (χ2v) is 7.11. The van der Waals surface area contributed by atoms with Gasteiger partial charge in [-0.05, 0) is 19.1 Å². The van der Waals surface area contributed by atoms with Crippen molar-refractivity contribution in [2.45, 2.75) is 19.8 Å². The SMILES string of the molecule is CN=C(NCCc1ccccn1)NCCc1csc(-c2ccc(C)cc2)n1.I. The normalized spacial score (nSPS) is 11.0. The summed E-state index contributed by atoms with van der Waals surface area (Å²) in [5.74, 6) is 0.805. The highest BCUT2D eigenvalue weighted by molar-refractivity contribution is 14.0. The fourth-order valence-electron chi connectivity index (χ4n) is 2.64. The van der Waals surface area contributed by atoms with E-state index in [9.17, 15) is 0 Å². The summed E-state index contributed by atoms with van der Waals surface area (Å²) in [4.78, 5) is 13.3. The van der Waals surface area contributed by atoms with E-state index in [1.54, 1.807) is 18.4 Å². The van der Waals surface area contributed by atoms with Gasteiger partial charge in [-0.15, -0.1) is 35.3 Å². The van der Waals surface area contributed by atoms with Gasteiger partial charge in [0.25, 0.3) is 0 Å². The number of aliphatic imine (C=N–C) groups is 1. The predicted octanol–water partition coefficient (Wildman–Crippen LogP) is 4.08. The van der Waals surface area contributed by atoms with Gasteiger partial charge in [-0.2, -0.15) is 0 Å². The topological polar surface area (TPSA) is 62.2 Å². The summed E-state index contributed by atoms with van der Waals surface area (Å²) in [6.45, 7) is 3.69. The Balaban J connectivity index is 0.00000280. The van der Waals surface area contributed by atoms with E-state index in [1.807, 2.05) is 24.4 Å². The zero-order valence-electron chi connectivity index (χ0n) is 16.2. The Labute approximate surface area is 187 Å². The first-order valence-corrected chi connectivity index (χ1v) is 9.98. The molecule has 0 fully saturated rings. The summed E-state index contributed by atoms with van der Waals surface area (Å²) in [7, 11) is 1.79. The Kier molecular flexibility index (Phi) is 9.36. The standard InChI is InChI=1S/C21H25N5S.HI/c1-16-6-8-17(9-7-16)20-26-19(15-27-20)11-14-25-21(22-2)24-13-10-18-5-3-4-12-23-18;/h3-9,12,15H,10-11,13-14H2,1-2H3,(H2,22,24,25);1H. The molecule has 148 valence electrons. The molecule has 3 aromatic rings. The fraction of sp³-hybridized carbons (Fsp3) is 0.286. The number of halogens is 1. The third kappa shape index (κ3) is 6.87. The van der Waals surface area contributed by atoms with Crippen molar-refractivity contribution in [3.05, 3.63) is 71.0 Å². The second kappa shape index (κ2) is 11.8. The van der Waals surface area contributed by atoms with Gasteiger partial charge in [0.15, 0.2) is 5.96 Å². The van der Waals surface area contributed by atoms with E-state index in [0.717, 1.165) is 48.3 Å². The lowest BCUT2D eigenvalue weighted by Gasteiger charge is -2.11. The number of hydrogen-bond acceptors (Lipinski definition) is 4. The van der Waals surface area contributed by atoms with Crippen LogP contribution in [-0.4, -0.2) is 36.1 Å². The second-order valence-electron chi connectivity index (χ2n) is 6.26. The highest BCUT2D eigenvalue weighted by atomic mass is 127. The minimum absolute atomic E-state index is 0. The summed E-state index contributed by atoms with van der Waals surface area (Å²) in [6, 6.07) is 14.5. The Bertz CT molecular complexity index is 862. The maximum absolute atomic E-state index is 4.74. The first-order chi connectivity index (χ1) is 13.2. The van der Waals surface area contributed by atoms with Crippen LogP contribution in [0.2, 0.25) is 0 Å². The number of rotatable bonds is 7. The first kappa shape index (κ1) is 22.3. The Morgan fingerprint density at radius 3 is 2.36 bits per heavy atom. The average molecular weight is 507 g/mol. The molecular formula is C21H26IN5S. The van der Waals surface area contributed by atoms with Crippen LogP contribution in [0.3, 0.4) is 0 Å². The molecule has 7 heteroatoms. The Morgan fingerprint density at radius 2 is 1.71 bits per heavy atom. The lowest BCUT2D eigenvalue weighted by atomic mass is 10.2. The molecule has 2 N–H and O–H groups in total. The molecule has 0 saturated heterocycles. The summed E-state index contributed by atoms with van der Waals surface area (Å²) in [5.41, 5.74) is 4.62. The van der Waals surface area contributed by atoms with Gasteiger partial charge in [0.2, 0.25) is 0 Å². The molecular weight excluding hydrogens is 481 g/mol. The summed E-state index contributed by atoms with van der Waals surface area (Å²) < 4.78 is 0. The van der Waals surface area contributed by atoms with Gasteiger partial charge >= 0.3 is 0 Å². The summed E-state index contributed by atoms with van der Waals surface area (Å²) in [5, 5.41) is 9.87. The van der Waals surface area contributed by atoms with Crippen LogP contribution < -0.4 is 10.6 Å². The fourth-order valence-corrected chi connectivity index (χ4v) is 3.50. The van der Waals surface area contributed by atoms with Crippen LogP contribution in [0.5, 0.6) is 0 Å². The molecule has 0 radical (unpaired) electrons. The number of aromatic nitrogens is 2. The molecule has 0 unspecified atom stereocenters. The maximum Gasteiger partial charge on any atom is 0.191 e. The van der Waals surface area contributed by atoms with Crippen molar-refractivity contribution in [3.8, 4) is 10.6 Å². The minimum Gasteiger partial charge on any atom is -0.356 e. The number of hydrogen-bond donors (Lipinski definition) is 2. The molecule has 0 aliphatic heterocycles. The van der Waals surface area contributed by atoms with Crippen LogP contribution in [-0.2, 0) is 12.8 Å².